The highest BCUT2D eigenvalue weighted by Gasteiger charge is 2.21. The summed E-state index contributed by atoms with van der Waals surface area (Å²) in [6.07, 6.45) is 1.67. The van der Waals surface area contributed by atoms with E-state index in [0.717, 1.165) is 24.1 Å². The smallest absolute Gasteiger partial charge is 0.335 e. The third-order valence-corrected chi connectivity index (χ3v) is 3.64. The number of benzene rings is 1. The fraction of sp³-hybridized carbons (Fsp3) is 0.429. The van der Waals surface area contributed by atoms with Crippen LogP contribution in [0.4, 0.5) is 10.5 Å². The van der Waals surface area contributed by atoms with Crippen molar-refractivity contribution in [2.24, 2.45) is 5.73 Å². The molecule has 4 N–H and O–H groups in total. The van der Waals surface area contributed by atoms with Crippen LogP contribution in [0.15, 0.2) is 18.2 Å². The van der Waals surface area contributed by atoms with Gasteiger partial charge in [0.1, 0.15) is 0 Å². The fourth-order valence-corrected chi connectivity index (χ4v) is 2.42. The van der Waals surface area contributed by atoms with Gasteiger partial charge in [-0.1, -0.05) is 0 Å². The zero-order valence-electron chi connectivity index (χ0n) is 11.4. The molecule has 0 aromatic heterocycles. The summed E-state index contributed by atoms with van der Waals surface area (Å²) in [5.41, 5.74) is 7.38. The lowest BCUT2D eigenvalue weighted by molar-refractivity contribution is 0.0697. The van der Waals surface area contributed by atoms with E-state index in [1.54, 1.807) is 23.1 Å². The number of carbonyl (C=O) groups is 2. The molecular formula is C14H19N3O3. The molecule has 1 aliphatic rings. The molecule has 6 heteroatoms. The summed E-state index contributed by atoms with van der Waals surface area (Å²) >= 11 is 0. The molecular weight excluding hydrogens is 258 g/mol. The van der Waals surface area contributed by atoms with Crippen molar-refractivity contribution in [1.29, 1.82) is 0 Å². The number of nitrogens with two attached hydrogens (primary N) is 1. The number of carbonyl (C=O) groups excluding carboxylic acids is 1. The Morgan fingerprint density at radius 1 is 1.35 bits per heavy atom. The van der Waals surface area contributed by atoms with E-state index in [4.69, 9.17) is 10.8 Å². The number of anilines is 1. The largest absolute Gasteiger partial charge is 0.478 e. The Labute approximate surface area is 117 Å². The number of urea groups is 1. The van der Waals surface area contributed by atoms with Crippen LogP contribution in [-0.4, -0.2) is 41.1 Å². The number of nitrogens with one attached hydrogen (secondary N) is 1. The van der Waals surface area contributed by atoms with E-state index in [2.05, 4.69) is 5.32 Å². The predicted octanol–water partition coefficient (Wildman–Crippen LogP) is 1.65. The van der Waals surface area contributed by atoms with Crippen molar-refractivity contribution in [1.82, 2.24) is 4.90 Å². The standard InChI is InChI=1S/C14H19N3O3/c1-9-8-10(13(18)19)2-3-12(9)16-11-4-6-17(7-5-11)14(15)20/h2-3,8,11,16H,4-7H2,1H3,(H2,15,20)(H,18,19). The van der Waals surface area contributed by atoms with Crippen LogP contribution in [0.3, 0.4) is 0 Å². The van der Waals surface area contributed by atoms with Crippen LogP contribution < -0.4 is 11.1 Å². The van der Waals surface area contributed by atoms with E-state index in [-0.39, 0.29) is 17.6 Å². The number of aromatic carboxylic acids is 1. The van der Waals surface area contributed by atoms with Crippen molar-refractivity contribution in [2.75, 3.05) is 18.4 Å². The quantitative estimate of drug-likeness (QED) is 0.782. The van der Waals surface area contributed by atoms with E-state index in [0.29, 0.717) is 13.1 Å². The van der Waals surface area contributed by atoms with Crippen molar-refractivity contribution < 1.29 is 14.7 Å². The molecule has 0 saturated carbocycles. The number of hydrogen-bond acceptors (Lipinski definition) is 3. The molecule has 0 radical (unpaired) electrons. The minimum Gasteiger partial charge on any atom is -0.478 e. The summed E-state index contributed by atoms with van der Waals surface area (Å²) < 4.78 is 0. The Bertz CT molecular complexity index is 522. The van der Waals surface area contributed by atoms with Gasteiger partial charge in [-0.15, -0.1) is 0 Å². The molecule has 1 aromatic rings. The van der Waals surface area contributed by atoms with Crippen molar-refractivity contribution >= 4 is 17.7 Å². The molecule has 1 fully saturated rings. The Morgan fingerprint density at radius 2 is 2.00 bits per heavy atom. The molecule has 0 bridgehead atoms. The van der Waals surface area contributed by atoms with Gasteiger partial charge in [0.25, 0.3) is 0 Å². The molecule has 1 heterocycles. The van der Waals surface area contributed by atoms with Crippen molar-refractivity contribution in [3.05, 3.63) is 29.3 Å². The van der Waals surface area contributed by atoms with E-state index in [1.807, 2.05) is 6.92 Å². The van der Waals surface area contributed by atoms with Gasteiger partial charge in [0.15, 0.2) is 0 Å². The number of nitrogens with zero attached hydrogens (tertiary/aromatic N) is 1. The van der Waals surface area contributed by atoms with Crippen LogP contribution in [0, 0.1) is 6.92 Å². The minimum atomic E-state index is -0.922. The van der Waals surface area contributed by atoms with E-state index < -0.39 is 5.97 Å². The fourth-order valence-electron chi connectivity index (χ4n) is 2.42. The summed E-state index contributed by atoms with van der Waals surface area (Å²) in [7, 11) is 0. The number of carboxylic acid groups (broad SMARTS) is 1. The third-order valence-electron chi connectivity index (χ3n) is 3.64. The number of rotatable bonds is 3. The molecule has 1 aliphatic heterocycles. The van der Waals surface area contributed by atoms with Gasteiger partial charge in [0.2, 0.25) is 0 Å². The Balaban J connectivity index is 1.98. The first-order valence-electron chi connectivity index (χ1n) is 6.62. The summed E-state index contributed by atoms with van der Waals surface area (Å²) in [6, 6.07) is 4.95. The maximum Gasteiger partial charge on any atom is 0.335 e. The topological polar surface area (TPSA) is 95.7 Å². The van der Waals surface area contributed by atoms with Gasteiger partial charge in [0.05, 0.1) is 5.56 Å². The van der Waals surface area contributed by atoms with Gasteiger partial charge in [-0.3, -0.25) is 0 Å². The molecule has 20 heavy (non-hydrogen) atoms. The summed E-state index contributed by atoms with van der Waals surface area (Å²) in [5, 5.41) is 12.3. The van der Waals surface area contributed by atoms with Crippen molar-refractivity contribution in [3.63, 3.8) is 0 Å². The monoisotopic (exact) mass is 277 g/mol. The molecule has 0 atom stereocenters. The summed E-state index contributed by atoms with van der Waals surface area (Å²) in [5.74, 6) is -0.922. The number of primary amides is 1. The average molecular weight is 277 g/mol. The molecule has 1 saturated heterocycles. The van der Waals surface area contributed by atoms with Gasteiger partial charge in [0, 0.05) is 24.8 Å². The van der Waals surface area contributed by atoms with Gasteiger partial charge in [-0.2, -0.15) is 0 Å². The molecule has 0 aliphatic carbocycles. The van der Waals surface area contributed by atoms with Crippen molar-refractivity contribution in [3.8, 4) is 0 Å². The summed E-state index contributed by atoms with van der Waals surface area (Å²) in [4.78, 5) is 23.6. The second kappa shape index (κ2) is 5.81. The van der Waals surface area contributed by atoms with E-state index >= 15 is 0 Å². The van der Waals surface area contributed by atoms with Gasteiger partial charge < -0.3 is 21.1 Å². The molecule has 2 rings (SSSR count). The molecule has 1 aromatic carbocycles. The first-order chi connectivity index (χ1) is 9.47. The van der Waals surface area contributed by atoms with Crippen LogP contribution in [0.2, 0.25) is 0 Å². The zero-order chi connectivity index (χ0) is 14.7. The van der Waals surface area contributed by atoms with Crippen LogP contribution in [0.1, 0.15) is 28.8 Å². The SMILES string of the molecule is Cc1cc(C(=O)O)ccc1NC1CCN(C(N)=O)CC1. The Kier molecular flexibility index (Phi) is 4.12. The third kappa shape index (κ3) is 3.20. The lowest BCUT2D eigenvalue weighted by Gasteiger charge is -2.32. The second-order valence-corrected chi connectivity index (χ2v) is 5.08. The highest BCUT2D eigenvalue weighted by Crippen LogP contribution is 2.21. The van der Waals surface area contributed by atoms with Gasteiger partial charge in [-0.25, -0.2) is 9.59 Å². The predicted molar refractivity (Wildman–Crippen MR) is 75.9 cm³/mol. The van der Waals surface area contributed by atoms with Gasteiger partial charge >= 0.3 is 12.0 Å². The highest BCUT2D eigenvalue weighted by atomic mass is 16.4. The van der Waals surface area contributed by atoms with Crippen LogP contribution in [-0.2, 0) is 0 Å². The molecule has 2 amide bonds. The highest BCUT2D eigenvalue weighted by molar-refractivity contribution is 5.88. The molecule has 108 valence electrons. The number of likely N-dealkylation sites (tertiary alicyclic amines) is 1. The lowest BCUT2D eigenvalue weighted by atomic mass is 10.0. The first kappa shape index (κ1) is 14.2. The minimum absolute atomic E-state index is 0.278. The lowest BCUT2D eigenvalue weighted by Crippen LogP contribution is -2.44. The Morgan fingerprint density at radius 3 is 2.50 bits per heavy atom. The Hall–Kier alpha value is -2.24. The average Bonchev–Trinajstić information content (AvgIpc) is 2.41. The number of amides is 2. The zero-order valence-corrected chi connectivity index (χ0v) is 11.4. The summed E-state index contributed by atoms with van der Waals surface area (Å²) in [6.45, 7) is 3.19. The second-order valence-electron chi connectivity index (χ2n) is 5.08. The number of carboxylic acids is 1. The normalized spacial score (nSPS) is 15.9. The van der Waals surface area contributed by atoms with Crippen molar-refractivity contribution in [2.45, 2.75) is 25.8 Å². The number of piperidine rings is 1. The van der Waals surface area contributed by atoms with E-state index in [1.165, 1.54) is 0 Å². The molecule has 6 nitrogen and oxygen atoms in total. The first-order valence-corrected chi connectivity index (χ1v) is 6.62. The van der Waals surface area contributed by atoms with E-state index in [9.17, 15) is 9.59 Å². The number of hydrogen-bond donors (Lipinski definition) is 3. The maximum absolute atomic E-state index is 11.0. The molecule has 0 unspecified atom stereocenters. The molecule has 0 spiro atoms. The number of aryl methyl sites for hydroxylation is 1. The van der Waals surface area contributed by atoms with Gasteiger partial charge in [-0.05, 0) is 43.5 Å². The van der Waals surface area contributed by atoms with Crippen LogP contribution >= 0.6 is 0 Å². The van der Waals surface area contributed by atoms with Crippen LogP contribution in [0.5, 0.6) is 0 Å². The maximum atomic E-state index is 11.0. The van der Waals surface area contributed by atoms with Crippen LogP contribution in [0.25, 0.3) is 0 Å².